The quantitative estimate of drug-likeness (QED) is 0.882. The largest absolute Gasteiger partial charge is 0.481 e. The summed E-state index contributed by atoms with van der Waals surface area (Å²) in [7, 11) is 0. The molecule has 1 fully saturated rings. The van der Waals surface area contributed by atoms with E-state index in [4.69, 9.17) is 5.11 Å². The van der Waals surface area contributed by atoms with Crippen molar-refractivity contribution in [1.29, 1.82) is 0 Å². The number of carbonyl (C=O) groups is 2. The number of amides is 1. The van der Waals surface area contributed by atoms with Crippen LogP contribution in [0.3, 0.4) is 0 Å². The second-order valence-corrected chi connectivity index (χ2v) is 7.14. The molecule has 5 nitrogen and oxygen atoms in total. The summed E-state index contributed by atoms with van der Waals surface area (Å²) in [6, 6.07) is 8.10. The van der Waals surface area contributed by atoms with Crippen LogP contribution in [0.25, 0.3) is 10.2 Å². The minimum Gasteiger partial charge on any atom is -0.481 e. The zero-order valence-electron chi connectivity index (χ0n) is 12.8. The van der Waals surface area contributed by atoms with E-state index in [0.717, 1.165) is 28.1 Å². The molecule has 1 aromatic heterocycles. The van der Waals surface area contributed by atoms with Crippen LogP contribution in [0.1, 0.15) is 37.1 Å². The fourth-order valence-corrected chi connectivity index (χ4v) is 4.00. The molecule has 2 aromatic rings. The fraction of sp³-hybridized carbons (Fsp3) is 0.471. The van der Waals surface area contributed by atoms with Gasteiger partial charge < -0.3 is 10.4 Å². The number of aliphatic carboxylic acids is 1. The SMILES string of the molecule is O=C(CCc1nc2ccccc2s1)NC1CCC(C(=O)O)CC1. The number of para-hydroxylation sites is 1. The van der Waals surface area contributed by atoms with Gasteiger partial charge in [-0.25, -0.2) is 4.98 Å². The van der Waals surface area contributed by atoms with Crippen LogP contribution in [0.5, 0.6) is 0 Å². The van der Waals surface area contributed by atoms with Crippen molar-refractivity contribution in [1.82, 2.24) is 10.3 Å². The Balaban J connectivity index is 1.45. The fourth-order valence-electron chi connectivity index (χ4n) is 3.03. The van der Waals surface area contributed by atoms with E-state index in [9.17, 15) is 9.59 Å². The van der Waals surface area contributed by atoms with Crippen LogP contribution in [0.4, 0.5) is 0 Å². The van der Waals surface area contributed by atoms with Crippen molar-refractivity contribution in [2.24, 2.45) is 5.92 Å². The first-order valence-electron chi connectivity index (χ1n) is 7.98. The molecule has 1 aliphatic carbocycles. The van der Waals surface area contributed by atoms with Crippen molar-refractivity contribution in [3.05, 3.63) is 29.3 Å². The summed E-state index contributed by atoms with van der Waals surface area (Å²) in [5.74, 6) is -0.931. The maximum absolute atomic E-state index is 12.1. The van der Waals surface area contributed by atoms with Gasteiger partial charge in [-0.05, 0) is 37.8 Å². The molecule has 1 saturated carbocycles. The first kappa shape index (κ1) is 15.9. The van der Waals surface area contributed by atoms with Crippen molar-refractivity contribution in [2.75, 3.05) is 0 Å². The molecular weight excluding hydrogens is 312 g/mol. The predicted molar refractivity (Wildman–Crippen MR) is 89.5 cm³/mol. The van der Waals surface area contributed by atoms with Gasteiger partial charge in [-0.3, -0.25) is 9.59 Å². The van der Waals surface area contributed by atoms with E-state index >= 15 is 0 Å². The van der Waals surface area contributed by atoms with Gasteiger partial charge in [-0.2, -0.15) is 0 Å². The summed E-state index contributed by atoms with van der Waals surface area (Å²) in [5, 5.41) is 13.0. The molecule has 1 aromatic carbocycles. The van der Waals surface area contributed by atoms with Crippen LogP contribution in [-0.2, 0) is 16.0 Å². The molecule has 3 rings (SSSR count). The topological polar surface area (TPSA) is 79.3 Å². The number of hydrogen-bond donors (Lipinski definition) is 2. The van der Waals surface area contributed by atoms with E-state index < -0.39 is 5.97 Å². The number of carbonyl (C=O) groups excluding carboxylic acids is 1. The van der Waals surface area contributed by atoms with Gasteiger partial charge in [0.15, 0.2) is 0 Å². The molecular formula is C17H20N2O3S. The zero-order chi connectivity index (χ0) is 16.2. The number of nitrogens with one attached hydrogen (secondary N) is 1. The molecule has 2 N–H and O–H groups in total. The van der Waals surface area contributed by atoms with Gasteiger partial charge >= 0.3 is 5.97 Å². The van der Waals surface area contributed by atoms with Crippen LogP contribution in [0.2, 0.25) is 0 Å². The van der Waals surface area contributed by atoms with Crippen molar-refractivity contribution in [2.45, 2.75) is 44.6 Å². The number of carboxylic acids is 1. The van der Waals surface area contributed by atoms with Gasteiger partial charge in [0, 0.05) is 18.9 Å². The summed E-state index contributed by atoms with van der Waals surface area (Å²) in [6.45, 7) is 0. The Bertz CT molecular complexity index is 672. The minimum atomic E-state index is -0.717. The van der Waals surface area contributed by atoms with Gasteiger partial charge in [-0.15, -0.1) is 11.3 Å². The molecule has 1 aliphatic rings. The van der Waals surface area contributed by atoms with Crippen molar-refractivity contribution >= 4 is 33.4 Å². The van der Waals surface area contributed by atoms with E-state index in [-0.39, 0.29) is 17.9 Å². The average molecular weight is 332 g/mol. The number of thiazole rings is 1. The van der Waals surface area contributed by atoms with E-state index in [1.165, 1.54) is 0 Å². The van der Waals surface area contributed by atoms with Gasteiger partial charge in [0.2, 0.25) is 5.91 Å². The van der Waals surface area contributed by atoms with E-state index in [2.05, 4.69) is 10.3 Å². The molecule has 0 aliphatic heterocycles. The minimum absolute atomic E-state index is 0.0306. The monoisotopic (exact) mass is 332 g/mol. The molecule has 6 heteroatoms. The van der Waals surface area contributed by atoms with Crippen molar-refractivity contribution in [3.63, 3.8) is 0 Å². The first-order valence-corrected chi connectivity index (χ1v) is 8.80. The van der Waals surface area contributed by atoms with Gasteiger partial charge in [0.1, 0.15) is 0 Å². The normalized spacial score (nSPS) is 21.2. The maximum atomic E-state index is 12.1. The highest BCUT2D eigenvalue weighted by atomic mass is 32.1. The summed E-state index contributed by atoms with van der Waals surface area (Å²) in [4.78, 5) is 27.5. The number of hydrogen-bond acceptors (Lipinski definition) is 4. The average Bonchev–Trinajstić information content (AvgIpc) is 2.96. The lowest BCUT2D eigenvalue weighted by Crippen LogP contribution is -2.38. The number of carboxylic acid groups (broad SMARTS) is 1. The third-order valence-corrected chi connectivity index (χ3v) is 5.44. The molecule has 122 valence electrons. The summed E-state index contributed by atoms with van der Waals surface area (Å²) in [5.41, 5.74) is 0.986. The van der Waals surface area contributed by atoms with Crippen LogP contribution in [-0.4, -0.2) is 28.0 Å². The Morgan fingerprint density at radius 2 is 1.96 bits per heavy atom. The molecule has 1 heterocycles. The first-order chi connectivity index (χ1) is 11.1. The number of rotatable bonds is 5. The zero-order valence-corrected chi connectivity index (χ0v) is 13.6. The van der Waals surface area contributed by atoms with E-state index in [1.807, 2.05) is 24.3 Å². The molecule has 23 heavy (non-hydrogen) atoms. The Hall–Kier alpha value is -1.95. The Labute approximate surface area is 138 Å². The molecule has 1 amide bonds. The number of fused-ring (bicyclic) bond motifs is 1. The Morgan fingerprint density at radius 3 is 2.65 bits per heavy atom. The highest BCUT2D eigenvalue weighted by molar-refractivity contribution is 7.18. The second-order valence-electron chi connectivity index (χ2n) is 6.03. The molecule has 0 unspecified atom stereocenters. The van der Waals surface area contributed by atoms with Gasteiger partial charge in [0.05, 0.1) is 21.1 Å². The van der Waals surface area contributed by atoms with Crippen LogP contribution >= 0.6 is 11.3 Å². The number of nitrogens with zero attached hydrogens (tertiary/aromatic N) is 1. The smallest absolute Gasteiger partial charge is 0.306 e. The van der Waals surface area contributed by atoms with Gasteiger partial charge in [-0.1, -0.05) is 12.1 Å². The predicted octanol–water partition coefficient (Wildman–Crippen LogP) is 2.99. The van der Waals surface area contributed by atoms with Crippen LogP contribution < -0.4 is 5.32 Å². The summed E-state index contributed by atoms with van der Waals surface area (Å²) in [6.07, 6.45) is 3.89. The molecule has 0 atom stereocenters. The summed E-state index contributed by atoms with van der Waals surface area (Å²) < 4.78 is 1.15. The maximum Gasteiger partial charge on any atom is 0.306 e. The second kappa shape index (κ2) is 7.08. The number of aromatic nitrogens is 1. The highest BCUT2D eigenvalue weighted by Gasteiger charge is 2.26. The number of benzene rings is 1. The standard InChI is InChI=1S/C17H20N2O3S/c20-15(18-12-7-5-11(6-8-12)17(21)22)9-10-16-19-13-3-1-2-4-14(13)23-16/h1-4,11-12H,5-10H2,(H,18,20)(H,21,22). The molecule has 0 spiro atoms. The third-order valence-electron chi connectivity index (χ3n) is 4.35. The van der Waals surface area contributed by atoms with E-state index in [1.54, 1.807) is 11.3 Å². The number of aryl methyl sites for hydroxylation is 1. The molecule has 0 bridgehead atoms. The lowest BCUT2D eigenvalue weighted by molar-refractivity contribution is -0.142. The van der Waals surface area contributed by atoms with Crippen LogP contribution in [0.15, 0.2) is 24.3 Å². The molecule has 0 radical (unpaired) electrons. The third kappa shape index (κ3) is 4.07. The van der Waals surface area contributed by atoms with Crippen LogP contribution in [0, 0.1) is 5.92 Å². The lowest BCUT2D eigenvalue weighted by Gasteiger charge is -2.26. The summed E-state index contributed by atoms with van der Waals surface area (Å²) >= 11 is 1.63. The lowest BCUT2D eigenvalue weighted by atomic mass is 9.86. The Morgan fingerprint density at radius 1 is 1.22 bits per heavy atom. The van der Waals surface area contributed by atoms with Crippen molar-refractivity contribution in [3.8, 4) is 0 Å². The van der Waals surface area contributed by atoms with Crippen molar-refractivity contribution < 1.29 is 14.7 Å². The molecule has 0 saturated heterocycles. The highest BCUT2D eigenvalue weighted by Crippen LogP contribution is 2.25. The Kier molecular flexibility index (Phi) is 4.91. The van der Waals surface area contributed by atoms with E-state index in [0.29, 0.717) is 25.7 Å². The van der Waals surface area contributed by atoms with Gasteiger partial charge in [0.25, 0.3) is 0 Å².